The Morgan fingerprint density at radius 1 is 1.00 bits per heavy atom. The molecule has 0 radical (unpaired) electrons. The molecule has 0 aliphatic heterocycles. The first-order valence-corrected chi connectivity index (χ1v) is 7.42. The Labute approximate surface area is 134 Å². The zero-order valence-electron chi connectivity index (χ0n) is 12.8. The zero-order valence-corrected chi connectivity index (χ0v) is 12.8. The van der Waals surface area contributed by atoms with Crippen molar-refractivity contribution in [3.63, 3.8) is 0 Å². The molecule has 3 aromatic carbocycles. The van der Waals surface area contributed by atoms with Gasteiger partial charge in [0.1, 0.15) is 11.5 Å². The number of fused-ring (bicyclic) bond motifs is 1. The number of rotatable bonds is 5. The average Bonchev–Trinajstić information content (AvgIpc) is 2.57. The van der Waals surface area contributed by atoms with E-state index in [9.17, 15) is 9.90 Å². The smallest absolute Gasteiger partial charge is 0.218 e. The van der Waals surface area contributed by atoms with Crippen LogP contribution in [0.3, 0.4) is 0 Å². The summed E-state index contributed by atoms with van der Waals surface area (Å²) in [5, 5.41) is 12.2. The number of anilines is 2. The number of amides is 1. The molecule has 0 aliphatic rings. The summed E-state index contributed by atoms with van der Waals surface area (Å²) < 4.78 is 5.59. The van der Waals surface area contributed by atoms with Crippen LogP contribution in [0.5, 0.6) is 11.5 Å². The summed E-state index contributed by atoms with van der Waals surface area (Å²) in [6.45, 7) is 2.38. The molecule has 0 unspecified atom stereocenters. The minimum Gasteiger partial charge on any atom is -0.506 e. The standard InChI is InChI=1S/C19H17NO3/c1-2-23-19-10-6-5-9-16(19)20(13-21)17-11-14-7-3-4-8-15(14)12-18(17)22/h3-13,22H,2H2,1H3. The van der Waals surface area contributed by atoms with E-state index in [0.29, 0.717) is 30.1 Å². The van der Waals surface area contributed by atoms with Crippen molar-refractivity contribution in [2.75, 3.05) is 11.5 Å². The molecule has 4 nitrogen and oxygen atoms in total. The van der Waals surface area contributed by atoms with Crippen molar-refractivity contribution in [3.8, 4) is 11.5 Å². The van der Waals surface area contributed by atoms with Gasteiger partial charge in [0.2, 0.25) is 6.41 Å². The summed E-state index contributed by atoms with van der Waals surface area (Å²) in [5.74, 6) is 0.636. The molecule has 3 aromatic rings. The van der Waals surface area contributed by atoms with Crippen molar-refractivity contribution in [1.29, 1.82) is 0 Å². The lowest BCUT2D eigenvalue weighted by Crippen LogP contribution is -2.15. The highest BCUT2D eigenvalue weighted by Gasteiger charge is 2.17. The van der Waals surface area contributed by atoms with Crippen LogP contribution in [0.4, 0.5) is 11.4 Å². The fourth-order valence-electron chi connectivity index (χ4n) is 2.59. The van der Waals surface area contributed by atoms with Crippen LogP contribution in [0.1, 0.15) is 6.92 Å². The van der Waals surface area contributed by atoms with E-state index in [1.807, 2.05) is 43.3 Å². The van der Waals surface area contributed by atoms with Gasteiger partial charge in [-0.3, -0.25) is 9.69 Å². The van der Waals surface area contributed by atoms with Crippen molar-refractivity contribution < 1.29 is 14.6 Å². The van der Waals surface area contributed by atoms with E-state index in [4.69, 9.17) is 4.74 Å². The van der Waals surface area contributed by atoms with E-state index in [1.165, 1.54) is 4.90 Å². The van der Waals surface area contributed by atoms with Gasteiger partial charge >= 0.3 is 0 Å². The molecule has 0 fully saturated rings. The molecule has 0 aliphatic carbocycles. The molecular weight excluding hydrogens is 290 g/mol. The first kappa shape index (κ1) is 14.9. The molecular formula is C19H17NO3. The SMILES string of the molecule is CCOc1ccccc1N(C=O)c1cc2ccccc2cc1O. The third-order valence-corrected chi connectivity index (χ3v) is 3.63. The number of benzene rings is 3. The van der Waals surface area contributed by atoms with E-state index in [0.717, 1.165) is 10.8 Å². The van der Waals surface area contributed by atoms with Gasteiger partial charge in [0, 0.05) is 0 Å². The molecule has 0 bridgehead atoms. The van der Waals surface area contributed by atoms with Gasteiger partial charge in [-0.05, 0) is 42.0 Å². The summed E-state index contributed by atoms with van der Waals surface area (Å²) in [7, 11) is 0. The number of nitrogens with zero attached hydrogens (tertiary/aromatic N) is 1. The maximum atomic E-state index is 11.7. The summed E-state index contributed by atoms with van der Waals surface area (Å²) in [5.41, 5.74) is 1.01. The van der Waals surface area contributed by atoms with E-state index >= 15 is 0 Å². The molecule has 0 heterocycles. The number of carbonyl (C=O) groups excluding carboxylic acids is 1. The van der Waals surface area contributed by atoms with Crippen LogP contribution in [-0.2, 0) is 4.79 Å². The van der Waals surface area contributed by atoms with Crippen molar-refractivity contribution in [2.24, 2.45) is 0 Å². The second-order valence-corrected chi connectivity index (χ2v) is 5.06. The highest BCUT2D eigenvalue weighted by molar-refractivity contribution is 5.97. The van der Waals surface area contributed by atoms with Crippen LogP contribution in [0.25, 0.3) is 10.8 Å². The lowest BCUT2D eigenvalue weighted by atomic mass is 10.1. The third-order valence-electron chi connectivity index (χ3n) is 3.63. The number of para-hydroxylation sites is 2. The Hall–Kier alpha value is -3.01. The van der Waals surface area contributed by atoms with Crippen molar-refractivity contribution in [3.05, 3.63) is 60.7 Å². The number of hydrogen-bond donors (Lipinski definition) is 1. The Balaban J connectivity index is 2.15. The van der Waals surface area contributed by atoms with Crippen LogP contribution in [0.15, 0.2) is 60.7 Å². The van der Waals surface area contributed by atoms with Crippen LogP contribution < -0.4 is 9.64 Å². The Kier molecular flexibility index (Phi) is 4.15. The lowest BCUT2D eigenvalue weighted by Gasteiger charge is -2.22. The molecule has 1 N–H and O–H groups in total. The molecule has 0 saturated heterocycles. The van der Waals surface area contributed by atoms with E-state index < -0.39 is 0 Å². The van der Waals surface area contributed by atoms with Gasteiger partial charge in [0.15, 0.2) is 0 Å². The quantitative estimate of drug-likeness (QED) is 0.717. The third kappa shape index (κ3) is 2.83. The molecule has 0 aromatic heterocycles. The summed E-state index contributed by atoms with van der Waals surface area (Å²) >= 11 is 0. The van der Waals surface area contributed by atoms with E-state index in [2.05, 4.69) is 0 Å². The predicted molar refractivity (Wildman–Crippen MR) is 91.4 cm³/mol. The molecule has 23 heavy (non-hydrogen) atoms. The van der Waals surface area contributed by atoms with Gasteiger partial charge in [-0.2, -0.15) is 0 Å². The second-order valence-electron chi connectivity index (χ2n) is 5.06. The summed E-state index contributed by atoms with van der Waals surface area (Å²) in [6.07, 6.45) is 0.682. The number of hydrogen-bond acceptors (Lipinski definition) is 3. The number of carbonyl (C=O) groups is 1. The molecule has 0 saturated carbocycles. The maximum Gasteiger partial charge on any atom is 0.218 e. The molecule has 1 amide bonds. The number of phenols is 1. The summed E-state index contributed by atoms with van der Waals surface area (Å²) in [4.78, 5) is 13.1. The lowest BCUT2D eigenvalue weighted by molar-refractivity contribution is -0.106. The van der Waals surface area contributed by atoms with Crippen molar-refractivity contribution in [1.82, 2.24) is 0 Å². The Morgan fingerprint density at radius 3 is 2.35 bits per heavy atom. The van der Waals surface area contributed by atoms with E-state index in [1.54, 1.807) is 24.3 Å². The first-order valence-electron chi connectivity index (χ1n) is 7.42. The van der Waals surface area contributed by atoms with Gasteiger partial charge in [0.25, 0.3) is 0 Å². The monoisotopic (exact) mass is 307 g/mol. The Bertz CT molecular complexity index is 845. The Morgan fingerprint density at radius 2 is 1.65 bits per heavy atom. The number of phenolic OH excluding ortho intramolecular Hbond substituents is 1. The van der Waals surface area contributed by atoms with Gasteiger partial charge in [0.05, 0.1) is 18.0 Å². The van der Waals surface area contributed by atoms with Gasteiger partial charge in [-0.15, -0.1) is 0 Å². The van der Waals surface area contributed by atoms with Crippen molar-refractivity contribution in [2.45, 2.75) is 6.92 Å². The normalized spacial score (nSPS) is 10.5. The highest BCUT2D eigenvalue weighted by atomic mass is 16.5. The molecule has 0 atom stereocenters. The minimum absolute atomic E-state index is 0.0436. The zero-order chi connectivity index (χ0) is 16.2. The average molecular weight is 307 g/mol. The molecule has 3 rings (SSSR count). The first-order chi connectivity index (χ1) is 11.2. The van der Waals surface area contributed by atoms with Gasteiger partial charge in [-0.25, -0.2) is 0 Å². The van der Waals surface area contributed by atoms with Crippen LogP contribution >= 0.6 is 0 Å². The van der Waals surface area contributed by atoms with Crippen LogP contribution in [0.2, 0.25) is 0 Å². The predicted octanol–water partition coefficient (Wildman–Crippen LogP) is 4.24. The summed E-state index contributed by atoms with van der Waals surface area (Å²) in [6, 6.07) is 18.4. The number of ether oxygens (including phenoxy) is 1. The van der Waals surface area contributed by atoms with Gasteiger partial charge in [-0.1, -0.05) is 36.4 Å². The molecule has 0 spiro atoms. The molecule has 116 valence electrons. The van der Waals surface area contributed by atoms with Crippen LogP contribution in [-0.4, -0.2) is 18.1 Å². The second kappa shape index (κ2) is 6.40. The fourth-order valence-corrected chi connectivity index (χ4v) is 2.59. The minimum atomic E-state index is 0.0436. The number of aromatic hydroxyl groups is 1. The van der Waals surface area contributed by atoms with Gasteiger partial charge < -0.3 is 9.84 Å². The topological polar surface area (TPSA) is 49.8 Å². The van der Waals surface area contributed by atoms with Crippen LogP contribution in [0, 0.1) is 0 Å². The largest absolute Gasteiger partial charge is 0.506 e. The highest BCUT2D eigenvalue weighted by Crippen LogP contribution is 2.39. The van der Waals surface area contributed by atoms with Crippen molar-refractivity contribution >= 4 is 28.6 Å². The van der Waals surface area contributed by atoms with E-state index in [-0.39, 0.29) is 5.75 Å². The maximum absolute atomic E-state index is 11.7. The fraction of sp³-hybridized carbons (Fsp3) is 0.105. The molecule has 4 heteroatoms.